The van der Waals surface area contributed by atoms with Crippen molar-refractivity contribution < 1.29 is 8.78 Å². The summed E-state index contributed by atoms with van der Waals surface area (Å²) in [5.41, 5.74) is 2.51. The van der Waals surface area contributed by atoms with Gasteiger partial charge in [-0.3, -0.25) is 0 Å². The first-order valence-electron chi connectivity index (χ1n) is 5.65. The zero-order valence-corrected chi connectivity index (χ0v) is 9.84. The van der Waals surface area contributed by atoms with Crippen LogP contribution in [0.4, 0.5) is 8.78 Å². The number of aryl methyl sites for hydroxylation is 2. The van der Waals surface area contributed by atoms with Gasteiger partial charge in [0, 0.05) is 6.04 Å². The third-order valence-corrected chi connectivity index (χ3v) is 2.57. The molecule has 0 fully saturated rings. The van der Waals surface area contributed by atoms with Crippen LogP contribution in [0.1, 0.15) is 24.5 Å². The van der Waals surface area contributed by atoms with E-state index in [9.17, 15) is 8.78 Å². The Morgan fingerprint density at radius 1 is 1.31 bits per heavy atom. The highest BCUT2D eigenvalue weighted by Gasteiger charge is 2.06. The van der Waals surface area contributed by atoms with Crippen molar-refractivity contribution in [2.24, 2.45) is 0 Å². The average molecular weight is 227 g/mol. The topological polar surface area (TPSA) is 12.0 Å². The number of hydrogen-bond donors (Lipinski definition) is 1. The largest absolute Gasteiger partial charge is 0.309 e. The van der Waals surface area contributed by atoms with E-state index in [1.807, 2.05) is 13.0 Å². The Morgan fingerprint density at radius 2 is 2.06 bits per heavy atom. The first kappa shape index (κ1) is 13.1. The monoisotopic (exact) mass is 227 g/mol. The zero-order valence-electron chi connectivity index (χ0n) is 9.84. The van der Waals surface area contributed by atoms with Gasteiger partial charge in [0.1, 0.15) is 0 Å². The lowest BCUT2D eigenvalue weighted by Crippen LogP contribution is -2.30. The van der Waals surface area contributed by atoms with Gasteiger partial charge in [0.15, 0.2) is 0 Å². The van der Waals surface area contributed by atoms with Crippen LogP contribution in [0.15, 0.2) is 24.3 Å². The van der Waals surface area contributed by atoms with Gasteiger partial charge < -0.3 is 5.32 Å². The van der Waals surface area contributed by atoms with Crippen LogP contribution >= 0.6 is 0 Å². The lowest BCUT2D eigenvalue weighted by Gasteiger charge is -2.13. The van der Waals surface area contributed by atoms with Crippen LogP contribution in [0.5, 0.6) is 0 Å². The van der Waals surface area contributed by atoms with E-state index >= 15 is 0 Å². The summed E-state index contributed by atoms with van der Waals surface area (Å²) in [5.74, 6) is 0. The molecule has 0 radical (unpaired) electrons. The summed E-state index contributed by atoms with van der Waals surface area (Å²) in [6.07, 6.45) is -0.448. The van der Waals surface area contributed by atoms with Gasteiger partial charge in [0.25, 0.3) is 6.43 Å². The molecule has 0 aliphatic rings. The minimum atomic E-state index is -2.26. The normalized spacial score (nSPS) is 13.1. The third kappa shape index (κ3) is 5.21. The molecule has 1 unspecified atom stereocenters. The summed E-state index contributed by atoms with van der Waals surface area (Å²) < 4.78 is 23.9. The van der Waals surface area contributed by atoms with E-state index in [0.29, 0.717) is 0 Å². The molecule has 16 heavy (non-hydrogen) atoms. The van der Waals surface area contributed by atoms with Crippen LogP contribution in [-0.4, -0.2) is 19.0 Å². The Morgan fingerprint density at radius 3 is 2.69 bits per heavy atom. The minimum Gasteiger partial charge on any atom is -0.309 e. The molecule has 1 N–H and O–H groups in total. The Kier molecular flexibility index (Phi) is 5.39. The molecule has 0 aliphatic carbocycles. The molecule has 1 atom stereocenters. The first-order valence-corrected chi connectivity index (χ1v) is 5.65. The van der Waals surface area contributed by atoms with Crippen molar-refractivity contribution in [1.29, 1.82) is 0 Å². The maximum absolute atomic E-state index is 11.9. The summed E-state index contributed by atoms with van der Waals surface area (Å²) in [6, 6.07) is 8.44. The molecular formula is C13H19F2N. The van der Waals surface area contributed by atoms with Crippen molar-refractivity contribution >= 4 is 0 Å². The molecule has 0 amide bonds. The highest BCUT2D eigenvalue weighted by Crippen LogP contribution is 2.08. The molecule has 0 spiro atoms. The minimum absolute atomic E-state index is 0.134. The van der Waals surface area contributed by atoms with Crippen molar-refractivity contribution in [3.8, 4) is 0 Å². The Labute approximate surface area is 95.9 Å². The van der Waals surface area contributed by atoms with Crippen molar-refractivity contribution in [2.75, 3.05) is 6.54 Å². The smallest absolute Gasteiger partial charge is 0.250 e. The van der Waals surface area contributed by atoms with Gasteiger partial charge in [-0.1, -0.05) is 29.8 Å². The molecule has 0 aromatic heterocycles. The molecule has 0 saturated carbocycles. The Bertz CT molecular complexity index is 313. The molecular weight excluding hydrogens is 208 g/mol. The fourth-order valence-corrected chi connectivity index (χ4v) is 1.64. The van der Waals surface area contributed by atoms with Crippen LogP contribution in [0.25, 0.3) is 0 Å². The van der Waals surface area contributed by atoms with Crippen molar-refractivity contribution in [3.05, 3.63) is 35.4 Å². The number of alkyl halides is 2. The van der Waals surface area contributed by atoms with Crippen molar-refractivity contribution in [1.82, 2.24) is 5.32 Å². The summed E-state index contributed by atoms with van der Waals surface area (Å²) in [7, 11) is 0. The van der Waals surface area contributed by atoms with Crippen molar-refractivity contribution in [2.45, 2.75) is 39.2 Å². The van der Waals surface area contributed by atoms with Gasteiger partial charge >= 0.3 is 0 Å². The summed E-state index contributed by atoms with van der Waals surface area (Å²) in [6.45, 7) is 3.79. The predicted molar refractivity (Wildman–Crippen MR) is 63.0 cm³/mol. The van der Waals surface area contributed by atoms with Crippen LogP contribution in [-0.2, 0) is 6.42 Å². The lowest BCUT2D eigenvalue weighted by atomic mass is 10.0. The summed E-state index contributed by atoms with van der Waals surface area (Å²) >= 11 is 0. The number of nitrogens with one attached hydrogen (secondary N) is 1. The van der Waals surface area contributed by atoms with E-state index in [1.165, 1.54) is 11.1 Å². The molecule has 0 aliphatic heterocycles. The van der Waals surface area contributed by atoms with Crippen LogP contribution in [0.2, 0.25) is 0 Å². The molecule has 1 nitrogen and oxygen atoms in total. The number of rotatable bonds is 6. The number of benzene rings is 1. The van der Waals surface area contributed by atoms with Gasteiger partial charge in [-0.2, -0.15) is 0 Å². The molecule has 90 valence electrons. The van der Waals surface area contributed by atoms with Crippen LogP contribution < -0.4 is 5.32 Å². The van der Waals surface area contributed by atoms with Gasteiger partial charge in [0.05, 0.1) is 6.54 Å². The maximum atomic E-state index is 11.9. The maximum Gasteiger partial charge on any atom is 0.250 e. The molecule has 0 saturated heterocycles. The molecule has 1 aromatic rings. The molecule has 3 heteroatoms. The fourth-order valence-electron chi connectivity index (χ4n) is 1.64. The molecule has 1 rings (SSSR count). The predicted octanol–water partition coefficient (Wildman–Crippen LogP) is 3.17. The first-order chi connectivity index (χ1) is 7.58. The fraction of sp³-hybridized carbons (Fsp3) is 0.538. The Hall–Kier alpha value is -0.960. The zero-order chi connectivity index (χ0) is 12.0. The summed E-state index contributed by atoms with van der Waals surface area (Å²) in [4.78, 5) is 0. The lowest BCUT2D eigenvalue weighted by molar-refractivity contribution is 0.141. The second kappa shape index (κ2) is 6.59. The van der Waals surface area contributed by atoms with Crippen LogP contribution in [0.3, 0.4) is 0 Å². The van der Waals surface area contributed by atoms with Gasteiger partial charge in [-0.05, 0) is 32.3 Å². The molecule has 0 heterocycles. The van der Waals surface area contributed by atoms with E-state index in [2.05, 4.69) is 30.4 Å². The highest BCUT2D eigenvalue weighted by atomic mass is 19.3. The second-order valence-corrected chi connectivity index (χ2v) is 4.23. The van der Waals surface area contributed by atoms with E-state index in [-0.39, 0.29) is 12.6 Å². The standard InChI is InChI=1S/C13H19F2N/c1-10-4-3-5-12(8-10)7-6-11(2)16-9-13(14)15/h3-5,8,11,13,16H,6-7,9H2,1-2H3. The van der Waals surface area contributed by atoms with Gasteiger partial charge in [-0.25, -0.2) is 8.78 Å². The van der Waals surface area contributed by atoms with E-state index < -0.39 is 6.43 Å². The van der Waals surface area contributed by atoms with Gasteiger partial charge in [-0.15, -0.1) is 0 Å². The third-order valence-electron chi connectivity index (χ3n) is 2.57. The van der Waals surface area contributed by atoms with Crippen LogP contribution in [0, 0.1) is 6.92 Å². The quantitative estimate of drug-likeness (QED) is 0.787. The second-order valence-electron chi connectivity index (χ2n) is 4.23. The highest BCUT2D eigenvalue weighted by molar-refractivity contribution is 5.22. The number of hydrogen-bond acceptors (Lipinski definition) is 1. The van der Waals surface area contributed by atoms with E-state index in [0.717, 1.165) is 12.8 Å². The van der Waals surface area contributed by atoms with E-state index in [1.54, 1.807) is 0 Å². The Balaban J connectivity index is 2.28. The number of halogens is 2. The van der Waals surface area contributed by atoms with Crippen molar-refractivity contribution in [3.63, 3.8) is 0 Å². The van der Waals surface area contributed by atoms with Gasteiger partial charge in [0.2, 0.25) is 0 Å². The van der Waals surface area contributed by atoms with E-state index in [4.69, 9.17) is 0 Å². The SMILES string of the molecule is Cc1cccc(CCC(C)NCC(F)F)c1. The molecule has 0 bridgehead atoms. The average Bonchev–Trinajstić information content (AvgIpc) is 2.23. The molecule has 1 aromatic carbocycles. The summed E-state index contributed by atoms with van der Waals surface area (Å²) in [5, 5.41) is 2.82.